The van der Waals surface area contributed by atoms with E-state index in [0.717, 1.165) is 5.56 Å². The van der Waals surface area contributed by atoms with E-state index < -0.39 is 16.0 Å². The van der Waals surface area contributed by atoms with Gasteiger partial charge in [0.25, 0.3) is 0 Å². The van der Waals surface area contributed by atoms with Gasteiger partial charge in [0.2, 0.25) is 10.0 Å². The molecule has 1 rings (SSSR count). The first-order chi connectivity index (χ1) is 10.4. The van der Waals surface area contributed by atoms with Crippen molar-refractivity contribution >= 4 is 27.4 Å². The van der Waals surface area contributed by atoms with E-state index in [-0.39, 0.29) is 11.5 Å². The number of hydrogen-bond donors (Lipinski definition) is 2. The minimum atomic E-state index is -3.20. The van der Waals surface area contributed by atoms with Crippen molar-refractivity contribution in [3.05, 3.63) is 29.8 Å². The summed E-state index contributed by atoms with van der Waals surface area (Å²) in [6, 6.07) is 7.15. The maximum absolute atomic E-state index is 11.4. The number of hydrazone groups is 1. The molecule has 0 aliphatic rings. The zero-order valence-electron chi connectivity index (χ0n) is 12.9. The van der Waals surface area contributed by atoms with Crippen molar-refractivity contribution in [3.8, 4) is 0 Å². The average Bonchev–Trinajstić information content (AvgIpc) is 2.52. The number of nitrogens with zero attached hydrogens (tertiary/aromatic N) is 1. The number of ether oxygens (including phenoxy) is 1. The molecule has 2 N–H and O–H groups in total. The Kier molecular flexibility index (Phi) is 7.00. The van der Waals surface area contributed by atoms with E-state index in [9.17, 15) is 13.2 Å². The third-order valence-electron chi connectivity index (χ3n) is 2.85. The molecule has 0 amide bonds. The first-order valence-electron chi connectivity index (χ1n) is 6.85. The van der Waals surface area contributed by atoms with Crippen molar-refractivity contribution in [1.82, 2.24) is 4.72 Å². The number of carbonyl (C=O) groups excluding carboxylic acids is 1. The molecule has 0 aromatic heterocycles. The Bertz CT molecular complexity index is 624. The Morgan fingerprint density at radius 3 is 2.45 bits per heavy atom. The second kappa shape index (κ2) is 8.50. The predicted octanol–water partition coefficient (Wildman–Crippen LogP) is 1.13. The van der Waals surface area contributed by atoms with Gasteiger partial charge in [-0.25, -0.2) is 17.9 Å². The zero-order valence-corrected chi connectivity index (χ0v) is 13.7. The van der Waals surface area contributed by atoms with Gasteiger partial charge >= 0.3 is 5.97 Å². The van der Waals surface area contributed by atoms with Crippen LogP contribution in [0.25, 0.3) is 0 Å². The van der Waals surface area contributed by atoms with Gasteiger partial charge in [-0.2, -0.15) is 5.10 Å². The Labute approximate surface area is 130 Å². The van der Waals surface area contributed by atoms with E-state index in [4.69, 9.17) is 4.74 Å². The van der Waals surface area contributed by atoms with E-state index in [2.05, 4.69) is 15.2 Å². The van der Waals surface area contributed by atoms with Gasteiger partial charge in [0, 0.05) is 0 Å². The van der Waals surface area contributed by atoms with Gasteiger partial charge in [-0.05, 0) is 45.0 Å². The lowest BCUT2D eigenvalue weighted by Gasteiger charge is -2.05. The van der Waals surface area contributed by atoms with Crippen molar-refractivity contribution < 1.29 is 17.9 Å². The smallest absolute Gasteiger partial charge is 0.354 e. The molecule has 0 aliphatic carbocycles. The third-order valence-corrected chi connectivity index (χ3v) is 4.21. The summed E-state index contributed by atoms with van der Waals surface area (Å²) < 4.78 is 29.8. The van der Waals surface area contributed by atoms with E-state index in [1.807, 2.05) is 12.1 Å². The van der Waals surface area contributed by atoms with Gasteiger partial charge in [0.1, 0.15) is 5.71 Å². The number of hydrogen-bond acceptors (Lipinski definition) is 6. The minimum Gasteiger partial charge on any atom is -0.461 e. The number of carbonyl (C=O) groups is 1. The molecule has 8 heteroatoms. The van der Waals surface area contributed by atoms with Gasteiger partial charge in [0.15, 0.2) is 0 Å². The van der Waals surface area contributed by atoms with E-state index in [0.29, 0.717) is 18.7 Å². The molecule has 0 radical (unpaired) electrons. The maximum atomic E-state index is 11.4. The van der Waals surface area contributed by atoms with Crippen molar-refractivity contribution in [1.29, 1.82) is 0 Å². The Morgan fingerprint density at radius 2 is 1.91 bits per heavy atom. The predicted molar refractivity (Wildman–Crippen MR) is 86.4 cm³/mol. The normalized spacial score (nSPS) is 12.0. The number of anilines is 1. The van der Waals surface area contributed by atoms with Gasteiger partial charge in [-0.15, -0.1) is 0 Å². The van der Waals surface area contributed by atoms with E-state index >= 15 is 0 Å². The molecular formula is C14H21N3O4S. The molecule has 0 heterocycles. The van der Waals surface area contributed by atoms with Gasteiger partial charge in [0.05, 0.1) is 18.0 Å². The Morgan fingerprint density at radius 1 is 1.27 bits per heavy atom. The van der Waals surface area contributed by atoms with E-state index in [1.54, 1.807) is 26.0 Å². The summed E-state index contributed by atoms with van der Waals surface area (Å²) in [4.78, 5) is 11.4. The quantitative estimate of drug-likeness (QED) is 0.424. The lowest BCUT2D eigenvalue weighted by Crippen LogP contribution is -2.23. The molecule has 1 aromatic rings. The summed E-state index contributed by atoms with van der Waals surface area (Å²) in [7, 11) is -1.81. The van der Waals surface area contributed by atoms with Crippen molar-refractivity contribution in [2.75, 3.05) is 24.8 Å². The molecule has 0 saturated heterocycles. The van der Waals surface area contributed by atoms with Crippen LogP contribution >= 0.6 is 0 Å². The van der Waals surface area contributed by atoms with Crippen LogP contribution in [0.2, 0.25) is 0 Å². The highest BCUT2D eigenvalue weighted by Crippen LogP contribution is 2.10. The van der Waals surface area contributed by atoms with Crippen LogP contribution in [0.4, 0.5) is 5.69 Å². The second-order valence-electron chi connectivity index (χ2n) is 4.50. The Hall–Kier alpha value is -1.93. The third kappa shape index (κ3) is 6.23. The summed E-state index contributed by atoms with van der Waals surface area (Å²) in [5.74, 6) is -0.431. The molecule has 0 saturated carbocycles. The monoisotopic (exact) mass is 327 g/mol. The summed E-state index contributed by atoms with van der Waals surface area (Å²) in [6.07, 6.45) is 0.425. The fourth-order valence-corrected chi connectivity index (χ4v) is 2.24. The van der Waals surface area contributed by atoms with Gasteiger partial charge < -0.3 is 4.74 Å². The van der Waals surface area contributed by atoms with Crippen LogP contribution in [-0.4, -0.2) is 39.5 Å². The first kappa shape index (κ1) is 18.1. The second-order valence-corrected chi connectivity index (χ2v) is 6.55. The number of rotatable bonds is 8. The van der Waals surface area contributed by atoms with Crippen LogP contribution in [0, 0.1) is 0 Å². The standard InChI is InChI=1S/C14H21N3O4S/c1-4-21-14(18)11(2)16-17-13-7-5-12(6-8-13)9-10-22(19,20)15-3/h5-8,15,17H,4,9-10H2,1-3H3. The van der Waals surface area contributed by atoms with E-state index in [1.165, 1.54) is 7.05 Å². The van der Waals surface area contributed by atoms with Crippen LogP contribution in [0.15, 0.2) is 29.4 Å². The molecular weight excluding hydrogens is 306 g/mol. The average molecular weight is 327 g/mol. The molecule has 0 atom stereocenters. The number of nitrogens with one attached hydrogen (secondary N) is 2. The molecule has 7 nitrogen and oxygen atoms in total. The summed E-state index contributed by atoms with van der Waals surface area (Å²) in [5.41, 5.74) is 4.58. The number of aryl methyl sites for hydroxylation is 1. The lowest BCUT2D eigenvalue weighted by atomic mass is 10.1. The molecule has 22 heavy (non-hydrogen) atoms. The van der Waals surface area contributed by atoms with Crippen LogP contribution < -0.4 is 10.1 Å². The minimum absolute atomic E-state index is 0.0381. The maximum Gasteiger partial charge on any atom is 0.354 e. The van der Waals surface area contributed by atoms with Crippen LogP contribution in [0.1, 0.15) is 19.4 Å². The first-order valence-corrected chi connectivity index (χ1v) is 8.50. The van der Waals surface area contributed by atoms with Crippen LogP contribution in [0.3, 0.4) is 0 Å². The fourth-order valence-electron chi connectivity index (χ4n) is 1.53. The topological polar surface area (TPSA) is 96.9 Å². The van der Waals surface area contributed by atoms with Crippen LogP contribution in [0.5, 0.6) is 0 Å². The van der Waals surface area contributed by atoms with Gasteiger partial charge in [-0.3, -0.25) is 5.43 Å². The highest BCUT2D eigenvalue weighted by atomic mass is 32.2. The number of esters is 1. The summed E-state index contributed by atoms with van der Waals surface area (Å²) in [6.45, 7) is 3.59. The van der Waals surface area contributed by atoms with Gasteiger partial charge in [-0.1, -0.05) is 12.1 Å². The van der Waals surface area contributed by atoms with Crippen molar-refractivity contribution in [2.24, 2.45) is 5.10 Å². The highest BCUT2D eigenvalue weighted by Gasteiger charge is 2.07. The molecule has 0 aliphatic heterocycles. The van der Waals surface area contributed by atoms with Crippen molar-refractivity contribution in [3.63, 3.8) is 0 Å². The number of benzene rings is 1. The largest absolute Gasteiger partial charge is 0.461 e. The summed E-state index contributed by atoms with van der Waals surface area (Å²) >= 11 is 0. The molecule has 0 bridgehead atoms. The van der Waals surface area contributed by atoms with Crippen molar-refractivity contribution in [2.45, 2.75) is 20.3 Å². The van der Waals surface area contributed by atoms with Crippen LogP contribution in [-0.2, 0) is 26.0 Å². The molecule has 1 aromatic carbocycles. The fraction of sp³-hybridized carbons (Fsp3) is 0.429. The summed E-state index contributed by atoms with van der Waals surface area (Å²) in [5, 5.41) is 3.93. The molecule has 0 fully saturated rings. The SMILES string of the molecule is CCOC(=O)C(C)=NNc1ccc(CCS(=O)(=O)NC)cc1. The highest BCUT2D eigenvalue weighted by molar-refractivity contribution is 7.89. The molecule has 0 unspecified atom stereocenters. The zero-order chi connectivity index (χ0) is 16.6. The molecule has 0 spiro atoms. The molecule has 122 valence electrons. The lowest BCUT2D eigenvalue weighted by molar-refractivity contribution is -0.135. The number of sulfonamides is 1. The Balaban J connectivity index is 2.58.